The highest BCUT2D eigenvalue weighted by atomic mass is 16.5. The first kappa shape index (κ1) is 15.0. The molecule has 1 aromatic heterocycles. The van der Waals surface area contributed by atoms with Crippen molar-refractivity contribution in [3.63, 3.8) is 0 Å². The van der Waals surface area contributed by atoms with Crippen molar-refractivity contribution in [2.24, 2.45) is 5.92 Å². The topological polar surface area (TPSA) is 51.2 Å². The zero-order chi connectivity index (χ0) is 14.4. The highest BCUT2D eigenvalue weighted by molar-refractivity contribution is 5.72. The van der Waals surface area contributed by atoms with Crippen LogP contribution in [-0.2, 0) is 9.53 Å². The predicted octanol–water partition coefficient (Wildman–Crippen LogP) is 2.85. The van der Waals surface area contributed by atoms with E-state index in [-0.39, 0.29) is 17.9 Å². The Hall–Kier alpha value is -1.42. The monoisotopic (exact) mass is 276 g/mol. The van der Waals surface area contributed by atoms with E-state index in [2.05, 4.69) is 23.3 Å². The molecule has 0 amide bonds. The summed E-state index contributed by atoms with van der Waals surface area (Å²) < 4.78 is 5.14. The van der Waals surface area contributed by atoms with Crippen molar-refractivity contribution in [3.05, 3.63) is 30.1 Å². The lowest BCUT2D eigenvalue weighted by Gasteiger charge is -2.30. The molecule has 1 aliphatic carbocycles. The van der Waals surface area contributed by atoms with Crippen molar-refractivity contribution in [3.8, 4) is 0 Å². The van der Waals surface area contributed by atoms with Gasteiger partial charge in [0.2, 0.25) is 0 Å². The van der Waals surface area contributed by atoms with Gasteiger partial charge in [0.15, 0.2) is 0 Å². The molecule has 1 saturated carbocycles. The SMILES string of the molecule is CCOC(=O)C1CCCC(NC(C)c2cccnc2)C1. The van der Waals surface area contributed by atoms with Gasteiger partial charge in [0.05, 0.1) is 12.5 Å². The molecule has 3 unspecified atom stereocenters. The van der Waals surface area contributed by atoms with Crippen molar-refractivity contribution in [1.29, 1.82) is 0 Å². The molecule has 0 aromatic carbocycles. The minimum absolute atomic E-state index is 0.0342. The number of rotatable bonds is 5. The van der Waals surface area contributed by atoms with E-state index in [0.717, 1.165) is 25.7 Å². The Balaban J connectivity index is 1.88. The molecule has 1 aliphatic rings. The van der Waals surface area contributed by atoms with Crippen LogP contribution in [0.4, 0.5) is 0 Å². The lowest BCUT2D eigenvalue weighted by molar-refractivity contribution is -0.149. The van der Waals surface area contributed by atoms with Crippen molar-refractivity contribution in [2.45, 2.75) is 51.6 Å². The molecule has 0 aliphatic heterocycles. The Kier molecular flexibility index (Phi) is 5.53. The number of hydrogen-bond donors (Lipinski definition) is 1. The molecule has 1 fully saturated rings. The maximum atomic E-state index is 11.8. The van der Waals surface area contributed by atoms with E-state index in [1.807, 2.05) is 19.2 Å². The first-order valence-electron chi connectivity index (χ1n) is 7.53. The fourth-order valence-electron chi connectivity index (χ4n) is 2.90. The summed E-state index contributed by atoms with van der Waals surface area (Å²) in [7, 11) is 0. The molecule has 0 spiro atoms. The molecule has 3 atom stereocenters. The summed E-state index contributed by atoms with van der Waals surface area (Å²) in [5.74, 6) is 0.0235. The number of carbonyl (C=O) groups excluding carboxylic acids is 1. The number of nitrogens with zero attached hydrogens (tertiary/aromatic N) is 1. The maximum absolute atomic E-state index is 11.8. The van der Waals surface area contributed by atoms with Crippen molar-refractivity contribution >= 4 is 5.97 Å². The fourth-order valence-corrected chi connectivity index (χ4v) is 2.90. The largest absolute Gasteiger partial charge is 0.466 e. The van der Waals surface area contributed by atoms with Crippen LogP contribution in [0.15, 0.2) is 24.5 Å². The molecule has 0 saturated heterocycles. The molecular weight excluding hydrogens is 252 g/mol. The number of nitrogens with one attached hydrogen (secondary N) is 1. The summed E-state index contributed by atoms with van der Waals surface area (Å²) in [6.07, 6.45) is 7.72. The van der Waals surface area contributed by atoms with Crippen LogP contribution < -0.4 is 5.32 Å². The van der Waals surface area contributed by atoms with Crippen LogP contribution in [0.1, 0.15) is 51.1 Å². The van der Waals surface area contributed by atoms with Gasteiger partial charge in [-0.05, 0) is 44.7 Å². The average molecular weight is 276 g/mol. The molecule has 1 N–H and O–H groups in total. The van der Waals surface area contributed by atoms with Gasteiger partial charge in [0, 0.05) is 24.5 Å². The first-order chi connectivity index (χ1) is 9.70. The van der Waals surface area contributed by atoms with E-state index >= 15 is 0 Å². The predicted molar refractivity (Wildman–Crippen MR) is 78.2 cm³/mol. The second-order valence-electron chi connectivity index (χ2n) is 5.49. The van der Waals surface area contributed by atoms with Gasteiger partial charge in [-0.1, -0.05) is 12.5 Å². The van der Waals surface area contributed by atoms with Crippen molar-refractivity contribution in [2.75, 3.05) is 6.61 Å². The third-order valence-corrected chi connectivity index (χ3v) is 3.96. The average Bonchev–Trinajstić information content (AvgIpc) is 2.48. The minimum Gasteiger partial charge on any atom is -0.466 e. The van der Waals surface area contributed by atoms with Gasteiger partial charge >= 0.3 is 5.97 Å². The zero-order valence-electron chi connectivity index (χ0n) is 12.3. The quantitative estimate of drug-likeness (QED) is 0.840. The lowest BCUT2D eigenvalue weighted by atomic mass is 9.85. The third kappa shape index (κ3) is 4.04. The van der Waals surface area contributed by atoms with Gasteiger partial charge in [0.1, 0.15) is 0 Å². The zero-order valence-corrected chi connectivity index (χ0v) is 12.3. The Morgan fingerprint density at radius 3 is 3.10 bits per heavy atom. The summed E-state index contributed by atoms with van der Waals surface area (Å²) >= 11 is 0. The van der Waals surface area contributed by atoms with Crippen molar-refractivity contribution < 1.29 is 9.53 Å². The summed E-state index contributed by atoms with van der Waals surface area (Å²) in [4.78, 5) is 16.0. The molecule has 0 bridgehead atoms. The molecule has 1 heterocycles. The van der Waals surface area contributed by atoms with Gasteiger partial charge in [-0.2, -0.15) is 0 Å². The smallest absolute Gasteiger partial charge is 0.308 e. The molecule has 1 aromatic rings. The van der Waals surface area contributed by atoms with Crippen LogP contribution in [0.2, 0.25) is 0 Å². The van der Waals surface area contributed by atoms with Gasteiger partial charge in [-0.15, -0.1) is 0 Å². The van der Waals surface area contributed by atoms with E-state index in [0.29, 0.717) is 12.6 Å². The lowest BCUT2D eigenvalue weighted by Crippen LogP contribution is -2.38. The number of ether oxygens (including phenoxy) is 1. The van der Waals surface area contributed by atoms with Crippen LogP contribution in [0.5, 0.6) is 0 Å². The molecule has 110 valence electrons. The van der Waals surface area contributed by atoms with E-state index in [4.69, 9.17) is 4.74 Å². The highest BCUT2D eigenvalue weighted by Gasteiger charge is 2.28. The molecule has 4 heteroatoms. The van der Waals surface area contributed by atoms with Gasteiger partial charge in [-0.3, -0.25) is 9.78 Å². The second-order valence-corrected chi connectivity index (χ2v) is 5.49. The standard InChI is InChI=1S/C16H24N2O2/c1-3-20-16(19)13-6-4-8-15(10-13)18-12(2)14-7-5-9-17-11-14/h5,7,9,11-13,15,18H,3-4,6,8,10H2,1-2H3. The van der Waals surface area contributed by atoms with Crippen LogP contribution in [-0.4, -0.2) is 23.6 Å². The summed E-state index contributed by atoms with van der Waals surface area (Å²) in [6, 6.07) is 4.68. The molecule has 0 radical (unpaired) electrons. The van der Waals surface area contributed by atoms with Crippen molar-refractivity contribution in [1.82, 2.24) is 10.3 Å². The number of pyridine rings is 1. The van der Waals surface area contributed by atoms with Crippen LogP contribution in [0, 0.1) is 5.92 Å². The molecule has 2 rings (SSSR count). The highest BCUT2D eigenvalue weighted by Crippen LogP contribution is 2.27. The number of hydrogen-bond acceptors (Lipinski definition) is 4. The first-order valence-corrected chi connectivity index (χ1v) is 7.53. The Morgan fingerprint density at radius 1 is 1.55 bits per heavy atom. The second kappa shape index (κ2) is 7.39. The van der Waals surface area contributed by atoms with Gasteiger partial charge in [0.25, 0.3) is 0 Å². The fraction of sp³-hybridized carbons (Fsp3) is 0.625. The molecule has 20 heavy (non-hydrogen) atoms. The minimum atomic E-state index is -0.0342. The number of aromatic nitrogens is 1. The molecular formula is C16H24N2O2. The van der Waals surface area contributed by atoms with E-state index in [1.54, 1.807) is 6.20 Å². The van der Waals surface area contributed by atoms with E-state index < -0.39 is 0 Å². The van der Waals surface area contributed by atoms with Gasteiger partial charge in [-0.25, -0.2) is 0 Å². The van der Waals surface area contributed by atoms with Crippen LogP contribution >= 0.6 is 0 Å². The Labute approximate surface area is 120 Å². The third-order valence-electron chi connectivity index (χ3n) is 3.96. The van der Waals surface area contributed by atoms with Gasteiger partial charge < -0.3 is 10.1 Å². The Morgan fingerprint density at radius 2 is 2.40 bits per heavy atom. The normalized spacial score (nSPS) is 24.1. The summed E-state index contributed by atoms with van der Waals surface area (Å²) in [5, 5.41) is 3.61. The van der Waals surface area contributed by atoms with Crippen LogP contribution in [0.25, 0.3) is 0 Å². The molecule has 4 nitrogen and oxygen atoms in total. The van der Waals surface area contributed by atoms with E-state index in [9.17, 15) is 4.79 Å². The summed E-state index contributed by atoms with van der Waals surface area (Å²) in [5.41, 5.74) is 1.19. The number of carbonyl (C=O) groups is 1. The Bertz CT molecular complexity index is 422. The maximum Gasteiger partial charge on any atom is 0.308 e. The number of esters is 1. The van der Waals surface area contributed by atoms with Crippen LogP contribution in [0.3, 0.4) is 0 Å². The van der Waals surface area contributed by atoms with E-state index in [1.165, 1.54) is 5.56 Å². The summed E-state index contributed by atoms with van der Waals surface area (Å²) in [6.45, 7) is 4.48.